The number of rotatable bonds is 7. The Morgan fingerprint density at radius 2 is 1.77 bits per heavy atom. The molecule has 164 valence electrons. The van der Waals surface area contributed by atoms with Crippen LogP contribution in [0.25, 0.3) is 11.5 Å². The van der Waals surface area contributed by atoms with Crippen LogP contribution in [-0.4, -0.2) is 38.2 Å². The topological polar surface area (TPSA) is 95.8 Å². The Morgan fingerprint density at radius 3 is 2.45 bits per heavy atom. The molecule has 3 aromatic rings. The van der Waals surface area contributed by atoms with E-state index in [-0.39, 0.29) is 29.1 Å². The van der Waals surface area contributed by atoms with Crippen molar-refractivity contribution in [3.05, 3.63) is 53.4 Å². The van der Waals surface area contributed by atoms with E-state index < -0.39 is 17.3 Å². The summed E-state index contributed by atoms with van der Waals surface area (Å²) in [6.45, 7) is 4.09. The van der Waals surface area contributed by atoms with Crippen LogP contribution in [0.2, 0.25) is 5.15 Å². The van der Waals surface area contributed by atoms with Crippen molar-refractivity contribution in [2.24, 2.45) is 5.41 Å². The summed E-state index contributed by atoms with van der Waals surface area (Å²) in [6, 6.07) is 8.80. The molecule has 0 saturated heterocycles. The lowest BCUT2D eigenvalue weighted by atomic mass is 9.95. The van der Waals surface area contributed by atoms with Crippen LogP contribution >= 0.6 is 11.6 Å². The van der Waals surface area contributed by atoms with Crippen molar-refractivity contribution in [1.82, 2.24) is 19.9 Å². The van der Waals surface area contributed by atoms with Crippen LogP contribution in [0, 0.1) is 5.41 Å². The average Bonchev–Trinajstić information content (AvgIpc) is 2.72. The number of pyridine rings is 2. The van der Waals surface area contributed by atoms with Gasteiger partial charge in [-0.2, -0.15) is 13.2 Å². The van der Waals surface area contributed by atoms with Crippen LogP contribution in [0.4, 0.5) is 30.5 Å². The zero-order valence-corrected chi connectivity index (χ0v) is 17.5. The monoisotopic (exact) mass is 452 g/mol. The Bertz CT molecular complexity index is 1060. The third kappa shape index (κ3) is 6.25. The number of alkyl halides is 3. The maximum atomic E-state index is 13.0. The summed E-state index contributed by atoms with van der Waals surface area (Å²) < 4.78 is 38.9. The minimum Gasteiger partial charge on any atom is -0.396 e. The molecule has 3 N–H and O–H groups in total. The Morgan fingerprint density at radius 1 is 1.03 bits per heavy atom. The van der Waals surface area contributed by atoms with Gasteiger partial charge >= 0.3 is 6.18 Å². The van der Waals surface area contributed by atoms with E-state index in [9.17, 15) is 18.3 Å². The number of hydrogen-bond acceptors (Lipinski definition) is 7. The molecule has 3 rings (SSSR count). The molecule has 0 atom stereocenters. The molecular weight excluding hydrogens is 433 g/mol. The first-order valence-electron chi connectivity index (χ1n) is 9.23. The molecule has 0 saturated carbocycles. The molecule has 31 heavy (non-hydrogen) atoms. The summed E-state index contributed by atoms with van der Waals surface area (Å²) in [7, 11) is 0. The first kappa shape index (κ1) is 22.7. The van der Waals surface area contributed by atoms with Crippen molar-refractivity contribution in [1.29, 1.82) is 0 Å². The molecule has 0 unspecified atom stereocenters. The van der Waals surface area contributed by atoms with Crippen LogP contribution in [0.5, 0.6) is 0 Å². The first-order valence-corrected chi connectivity index (χ1v) is 9.60. The standard InChI is InChI=1S/C20H20ClF3N6O/c1-19(2,11-31)10-26-16-9-17(27-12-6-7-25-14(8-12)20(22,23)24)30-18(29-16)13-4-3-5-15(21)28-13/h3-9,31H,10-11H2,1-2H3,(H2,25,26,27,29,30). The molecule has 0 spiro atoms. The Kier molecular flexibility index (Phi) is 6.61. The number of aliphatic hydroxyl groups is 1. The van der Waals surface area contributed by atoms with Crippen molar-refractivity contribution in [2.45, 2.75) is 20.0 Å². The molecule has 11 heteroatoms. The van der Waals surface area contributed by atoms with Gasteiger partial charge in [0.25, 0.3) is 0 Å². The van der Waals surface area contributed by atoms with E-state index in [4.69, 9.17) is 11.6 Å². The van der Waals surface area contributed by atoms with Crippen molar-refractivity contribution >= 4 is 28.9 Å². The van der Waals surface area contributed by atoms with Gasteiger partial charge in [-0.25, -0.2) is 15.0 Å². The summed E-state index contributed by atoms with van der Waals surface area (Å²) in [5, 5.41) is 15.7. The SMILES string of the molecule is CC(C)(CO)CNc1cc(Nc2ccnc(C(F)(F)F)c2)nc(-c2cccc(Cl)n2)n1. The van der Waals surface area contributed by atoms with Crippen LogP contribution in [0.15, 0.2) is 42.6 Å². The largest absolute Gasteiger partial charge is 0.433 e. The molecule has 0 aliphatic rings. The second kappa shape index (κ2) is 9.03. The second-order valence-electron chi connectivity index (χ2n) is 7.54. The summed E-state index contributed by atoms with van der Waals surface area (Å²) in [6.07, 6.45) is -3.50. The minimum absolute atomic E-state index is 0.0455. The smallest absolute Gasteiger partial charge is 0.396 e. The van der Waals surface area contributed by atoms with E-state index in [0.717, 1.165) is 12.3 Å². The van der Waals surface area contributed by atoms with Gasteiger partial charge in [0, 0.05) is 36.5 Å². The number of nitrogens with zero attached hydrogens (tertiary/aromatic N) is 4. The Balaban J connectivity index is 1.97. The first-order chi connectivity index (χ1) is 14.6. The lowest BCUT2D eigenvalue weighted by molar-refractivity contribution is -0.141. The molecule has 0 fully saturated rings. The fourth-order valence-electron chi connectivity index (χ4n) is 2.45. The van der Waals surface area contributed by atoms with Gasteiger partial charge in [0.05, 0.1) is 0 Å². The minimum atomic E-state index is -4.57. The maximum absolute atomic E-state index is 13.0. The zero-order valence-electron chi connectivity index (χ0n) is 16.7. The summed E-state index contributed by atoms with van der Waals surface area (Å²) in [5.74, 6) is 0.873. The lowest BCUT2D eigenvalue weighted by Gasteiger charge is -2.22. The summed E-state index contributed by atoms with van der Waals surface area (Å²) in [4.78, 5) is 16.3. The molecule has 0 radical (unpaired) electrons. The van der Waals surface area contributed by atoms with Gasteiger partial charge in [-0.15, -0.1) is 0 Å². The van der Waals surface area contributed by atoms with E-state index in [1.165, 1.54) is 6.07 Å². The third-order valence-corrected chi connectivity index (χ3v) is 4.38. The van der Waals surface area contributed by atoms with Crippen molar-refractivity contribution in [3.8, 4) is 11.5 Å². The fourth-order valence-corrected chi connectivity index (χ4v) is 2.61. The number of aromatic nitrogens is 4. The predicted molar refractivity (Wildman–Crippen MR) is 112 cm³/mol. The number of nitrogens with one attached hydrogen (secondary N) is 2. The molecule has 3 aromatic heterocycles. The zero-order chi connectivity index (χ0) is 22.6. The highest BCUT2D eigenvalue weighted by Crippen LogP contribution is 2.30. The quantitative estimate of drug-likeness (QED) is 0.444. The predicted octanol–water partition coefficient (Wildman–Crippen LogP) is 4.78. The highest BCUT2D eigenvalue weighted by molar-refractivity contribution is 6.29. The van der Waals surface area contributed by atoms with Crippen molar-refractivity contribution in [2.75, 3.05) is 23.8 Å². The fraction of sp³-hybridized carbons (Fsp3) is 0.300. The molecule has 0 aromatic carbocycles. The van der Waals surface area contributed by atoms with Crippen molar-refractivity contribution in [3.63, 3.8) is 0 Å². The average molecular weight is 453 g/mol. The molecular formula is C20H20ClF3N6O. The highest BCUT2D eigenvalue weighted by atomic mass is 35.5. The third-order valence-electron chi connectivity index (χ3n) is 4.17. The molecule has 0 bridgehead atoms. The maximum Gasteiger partial charge on any atom is 0.433 e. The molecule has 0 aliphatic carbocycles. The van der Waals surface area contributed by atoms with Crippen LogP contribution in [0.1, 0.15) is 19.5 Å². The number of anilines is 3. The van der Waals surface area contributed by atoms with E-state index >= 15 is 0 Å². The van der Waals surface area contributed by atoms with E-state index in [2.05, 4.69) is 30.6 Å². The molecule has 0 amide bonds. The van der Waals surface area contributed by atoms with Gasteiger partial charge in [0.15, 0.2) is 5.82 Å². The van der Waals surface area contributed by atoms with Gasteiger partial charge in [0.2, 0.25) is 0 Å². The molecule has 3 heterocycles. The lowest BCUT2D eigenvalue weighted by Crippen LogP contribution is -2.27. The molecule has 7 nitrogen and oxygen atoms in total. The van der Waals surface area contributed by atoms with Crippen LogP contribution in [-0.2, 0) is 6.18 Å². The van der Waals surface area contributed by atoms with E-state index in [1.807, 2.05) is 13.8 Å². The normalized spacial score (nSPS) is 12.0. The van der Waals surface area contributed by atoms with Gasteiger partial charge in [-0.05, 0) is 24.3 Å². The van der Waals surface area contributed by atoms with Gasteiger partial charge < -0.3 is 15.7 Å². The van der Waals surface area contributed by atoms with Crippen LogP contribution < -0.4 is 10.6 Å². The Labute approximate surface area is 181 Å². The Hall–Kier alpha value is -2.98. The number of aliphatic hydroxyl groups excluding tert-OH is 1. The highest BCUT2D eigenvalue weighted by Gasteiger charge is 2.32. The van der Waals surface area contributed by atoms with Crippen molar-refractivity contribution < 1.29 is 18.3 Å². The molecule has 0 aliphatic heterocycles. The van der Waals surface area contributed by atoms with Gasteiger partial charge in [0.1, 0.15) is 28.2 Å². The number of halogens is 4. The van der Waals surface area contributed by atoms with Crippen LogP contribution in [0.3, 0.4) is 0 Å². The summed E-state index contributed by atoms with van der Waals surface area (Å²) >= 11 is 5.96. The second-order valence-corrected chi connectivity index (χ2v) is 7.92. The van der Waals surface area contributed by atoms with Gasteiger partial charge in [-0.3, -0.25) is 4.98 Å². The van der Waals surface area contributed by atoms with E-state index in [0.29, 0.717) is 18.1 Å². The van der Waals surface area contributed by atoms with E-state index in [1.54, 1.807) is 24.3 Å². The van der Waals surface area contributed by atoms with Gasteiger partial charge in [-0.1, -0.05) is 31.5 Å². The number of hydrogen-bond donors (Lipinski definition) is 3. The summed E-state index contributed by atoms with van der Waals surface area (Å²) in [5.41, 5.74) is -0.884.